The highest BCUT2D eigenvalue weighted by molar-refractivity contribution is 5.71. The van der Waals surface area contributed by atoms with Gasteiger partial charge in [-0.15, -0.1) is 0 Å². The summed E-state index contributed by atoms with van der Waals surface area (Å²) in [7, 11) is 0. The first-order valence-electron chi connectivity index (χ1n) is 29.9. The highest BCUT2D eigenvalue weighted by atomic mass is 16.6. The molecule has 0 aliphatic heterocycles. The van der Waals surface area contributed by atoms with Crippen LogP contribution in [0.3, 0.4) is 0 Å². The fraction of sp³-hybridized carbons (Fsp3) is 0.766. The van der Waals surface area contributed by atoms with Crippen molar-refractivity contribution in [2.75, 3.05) is 13.2 Å². The van der Waals surface area contributed by atoms with E-state index in [9.17, 15) is 14.4 Å². The van der Waals surface area contributed by atoms with E-state index >= 15 is 0 Å². The van der Waals surface area contributed by atoms with E-state index in [4.69, 9.17) is 14.2 Å². The van der Waals surface area contributed by atoms with E-state index in [0.29, 0.717) is 19.3 Å². The summed E-state index contributed by atoms with van der Waals surface area (Å²) < 4.78 is 16.7. The van der Waals surface area contributed by atoms with Crippen LogP contribution in [0.1, 0.15) is 297 Å². The number of hydrogen-bond acceptors (Lipinski definition) is 6. The Hall–Kier alpha value is -3.15. The lowest BCUT2D eigenvalue weighted by Crippen LogP contribution is -2.30. The van der Waals surface area contributed by atoms with Crippen molar-refractivity contribution in [1.29, 1.82) is 0 Å². The first kappa shape index (κ1) is 66.9. The van der Waals surface area contributed by atoms with Gasteiger partial charge in [0.2, 0.25) is 0 Å². The molecule has 0 amide bonds. The summed E-state index contributed by atoms with van der Waals surface area (Å²) >= 11 is 0. The molecule has 0 aliphatic rings. The average molecular weight is 978 g/mol. The molecule has 0 radical (unpaired) electrons. The Bertz CT molecular complexity index is 1310. The lowest BCUT2D eigenvalue weighted by Gasteiger charge is -2.18. The van der Waals surface area contributed by atoms with E-state index in [1.807, 2.05) is 0 Å². The standard InChI is InChI=1S/C64H112O6/c1-4-7-10-13-16-19-20-21-22-23-24-25-26-27-28-29-30-31-32-33-34-35-36-37-38-39-40-41-42-43-44-46-48-51-54-57-63(66)69-60-61(59-68-62(65)56-53-50-47-18-15-12-9-6-3)70-64(67)58-55-52-49-45-17-14-11-8-5-2/h7,10,16,19,21-22,24-25,27-28,30-31,61H,4-6,8-9,11-15,17-18,20,23,26,29,32-60H2,1-3H3/b10-7-,19-16-,22-21-,25-24-,28-27-,31-30-. The third-order valence-corrected chi connectivity index (χ3v) is 13.0. The van der Waals surface area contributed by atoms with Crippen LogP contribution >= 0.6 is 0 Å². The molecule has 0 aromatic heterocycles. The lowest BCUT2D eigenvalue weighted by molar-refractivity contribution is -0.167. The van der Waals surface area contributed by atoms with Crippen LogP contribution in [0.5, 0.6) is 0 Å². The van der Waals surface area contributed by atoms with E-state index in [1.165, 1.54) is 161 Å². The highest BCUT2D eigenvalue weighted by Gasteiger charge is 2.19. The van der Waals surface area contributed by atoms with Gasteiger partial charge in [-0.1, -0.05) is 280 Å². The van der Waals surface area contributed by atoms with Crippen molar-refractivity contribution in [3.63, 3.8) is 0 Å². The Morgan fingerprint density at radius 2 is 0.557 bits per heavy atom. The average Bonchev–Trinajstić information content (AvgIpc) is 3.36. The maximum Gasteiger partial charge on any atom is 0.306 e. The summed E-state index contributed by atoms with van der Waals surface area (Å²) in [5.41, 5.74) is 0. The second-order valence-corrected chi connectivity index (χ2v) is 19.9. The summed E-state index contributed by atoms with van der Waals surface area (Å²) in [6.07, 6.45) is 75.2. The molecule has 6 nitrogen and oxygen atoms in total. The van der Waals surface area contributed by atoms with Crippen molar-refractivity contribution in [3.05, 3.63) is 72.9 Å². The smallest absolute Gasteiger partial charge is 0.306 e. The van der Waals surface area contributed by atoms with E-state index in [0.717, 1.165) is 96.3 Å². The van der Waals surface area contributed by atoms with Crippen LogP contribution in [0, 0.1) is 0 Å². The second kappa shape index (κ2) is 58.4. The summed E-state index contributed by atoms with van der Waals surface area (Å²) in [4.78, 5) is 37.8. The van der Waals surface area contributed by atoms with Gasteiger partial charge in [-0.3, -0.25) is 14.4 Å². The molecule has 0 saturated carbocycles. The van der Waals surface area contributed by atoms with E-state index in [1.54, 1.807) is 0 Å². The molecule has 6 heteroatoms. The predicted octanol–water partition coefficient (Wildman–Crippen LogP) is 20.2. The van der Waals surface area contributed by atoms with Crippen LogP contribution < -0.4 is 0 Å². The van der Waals surface area contributed by atoms with Crippen molar-refractivity contribution >= 4 is 17.9 Å². The predicted molar refractivity (Wildman–Crippen MR) is 302 cm³/mol. The molecule has 0 aromatic rings. The van der Waals surface area contributed by atoms with Gasteiger partial charge >= 0.3 is 17.9 Å². The van der Waals surface area contributed by atoms with Crippen molar-refractivity contribution in [2.45, 2.75) is 303 Å². The van der Waals surface area contributed by atoms with Crippen LogP contribution in [0.4, 0.5) is 0 Å². The fourth-order valence-corrected chi connectivity index (χ4v) is 8.51. The monoisotopic (exact) mass is 977 g/mol. The summed E-state index contributed by atoms with van der Waals surface area (Å²) in [6, 6.07) is 0. The highest BCUT2D eigenvalue weighted by Crippen LogP contribution is 2.16. The van der Waals surface area contributed by atoms with E-state index in [-0.39, 0.29) is 31.1 Å². The number of carbonyl (C=O) groups is 3. The molecule has 0 rings (SSSR count). The number of carbonyl (C=O) groups excluding carboxylic acids is 3. The van der Waals surface area contributed by atoms with Gasteiger partial charge in [0.05, 0.1) is 0 Å². The first-order valence-corrected chi connectivity index (χ1v) is 29.9. The molecule has 1 unspecified atom stereocenters. The van der Waals surface area contributed by atoms with Gasteiger partial charge in [0.1, 0.15) is 13.2 Å². The minimum Gasteiger partial charge on any atom is -0.462 e. The quantitative estimate of drug-likeness (QED) is 0.0261. The molecule has 70 heavy (non-hydrogen) atoms. The maximum absolute atomic E-state index is 12.7. The molecule has 0 heterocycles. The number of ether oxygens (including phenoxy) is 3. The molecule has 0 saturated heterocycles. The molecule has 404 valence electrons. The minimum absolute atomic E-state index is 0.0695. The fourth-order valence-electron chi connectivity index (χ4n) is 8.51. The van der Waals surface area contributed by atoms with Crippen LogP contribution in [0.25, 0.3) is 0 Å². The Balaban J connectivity index is 3.92. The van der Waals surface area contributed by atoms with Gasteiger partial charge in [-0.25, -0.2) is 0 Å². The van der Waals surface area contributed by atoms with Gasteiger partial charge in [-0.2, -0.15) is 0 Å². The molecule has 1 atom stereocenters. The van der Waals surface area contributed by atoms with Crippen LogP contribution in [-0.2, 0) is 28.6 Å². The Morgan fingerprint density at radius 3 is 0.871 bits per heavy atom. The molecule has 0 N–H and O–H groups in total. The van der Waals surface area contributed by atoms with Crippen molar-refractivity contribution in [3.8, 4) is 0 Å². The maximum atomic E-state index is 12.7. The first-order chi connectivity index (χ1) is 34.5. The normalized spacial score (nSPS) is 12.6. The van der Waals surface area contributed by atoms with E-state index in [2.05, 4.69) is 93.7 Å². The Kier molecular flexibility index (Phi) is 55.8. The van der Waals surface area contributed by atoms with Gasteiger partial charge < -0.3 is 14.2 Å². The van der Waals surface area contributed by atoms with Crippen molar-refractivity contribution < 1.29 is 28.6 Å². The number of hydrogen-bond donors (Lipinski definition) is 0. The zero-order chi connectivity index (χ0) is 50.7. The van der Waals surface area contributed by atoms with Gasteiger partial charge in [-0.05, 0) is 70.6 Å². The zero-order valence-electron chi connectivity index (χ0n) is 46.3. The third kappa shape index (κ3) is 55.8. The number of unbranched alkanes of at least 4 members (excludes halogenated alkanes) is 31. The zero-order valence-corrected chi connectivity index (χ0v) is 46.3. The van der Waals surface area contributed by atoms with Crippen LogP contribution in [0.2, 0.25) is 0 Å². The summed E-state index contributed by atoms with van der Waals surface area (Å²) in [6.45, 7) is 6.49. The lowest BCUT2D eigenvalue weighted by atomic mass is 10.0. The number of allylic oxidation sites excluding steroid dienone is 12. The SMILES string of the molecule is CC/C=C\C/C=C\C/C=C\C/C=C\C/C=C\C/C=C\CCCCCCCCCCCCCCCCCCC(=O)OCC(COC(=O)CCCCCCCCCC)OC(=O)CCCCCCCCCCC. The Morgan fingerprint density at radius 1 is 0.300 bits per heavy atom. The summed E-state index contributed by atoms with van der Waals surface area (Å²) in [5, 5.41) is 0. The number of rotatable bonds is 54. The van der Waals surface area contributed by atoms with Crippen LogP contribution in [0.15, 0.2) is 72.9 Å². The molecule has 0 aromatic carbocycles. The molecule has 0 spiro atoms. The second-order valence-electron chi connectivity index (χ2n) is 19.9. The van der Waals surface area contributed by atoms with Gasteiger partial charge in [0, 0.05) is 19.3 Å². The molecule has 0 fully saturated rings. The molecule has 0 bridgehead atoms. The number of esters is 3. The molecular weight excluding hydrogens is 865 g/mol. The van der Waals surface area contributed by atoms with Crippen LogP contribution in [-0.4, -0.2) is 37.2 Å². The van der Waals surface area contributed by atoms with Crippen molar-refractivity contribution in [2.24, 2.45) is 0 Å². The largest absolute Gasteiger partial charge is 0.462 e. The van der Waals surface area contributed by atoms with Crippen molar-refractivity contribution in [1.82, 2.24) is 0 Å². The van der Waals surface area contributed by atoms with Gasteiger partial charge in [0.15, 0.2) is 6.10 Å². The summed E-state index contributed by atoms with van der Waals surface area (Å²) in [5.74, 6) is -0.867. The third-order valence-electron chi connectivity index (χ3n) is 13.0. The minimum atomic E-state index is -0.766. The van der Waals surface area contributed by atoms with E-state index < -0.39 is 6.10 Å². The van der Waals surface area contributed by atoms with Gasteiger partial charge in [0.25, 0.3) is 0 Å². The topological polar surface area (TPSA) is 78.9 Å². The molecule has 0 aliphatic carbocycles. The molecular formula is C64H112O6. The Labute approximate surface area is 433 Å².